The summed E-state index contributed by atoms with van der Waals surface area (Å²) >= 11 is 1.32. The van der Waals surface area contributed by atoms with Crippen LogP contribution in [0.2, 0.25) is 0 Å². The number of thiophene rings is 1. The fourth-order valence-electron chi connectivity index (χ4n) is 1.84. The third-order valence-electron chi connectivity index (χ3n) is 2.75. The first-order chi connectivity index (χ1) is 9.99. The Kier molecular flexibility index (Phi) is 4.80. The van der Waals surface area contributed by atoms with Gasteiger partial charge >= 0.3 is 0 Å². The third-order valence-corrected chi connectivity index (χ3v) is 3.99. The number of ether oxygens (including phenoxy) is 1. The van der Waals surface area contributed by atoms with Crippen molar-refractivity contribution in [3.05, 3.63) is 35.0 Å². The molecule has 0 saturated carbocycles. The number of hydrogen-bond acceptors (Lipinski definition) is 6. The molecule has 0 aliphatic heterocycles. The lowest BCUT2D eigenvalue weighted by molar-refractivity contribution is 0.102. The van der Waals surface area contributed by atoms with Crippen LogP contribution in [0.5, 0.6) is 5.75 Å². The molecule has 0 unspecified atom stereocenters. The molecule has 2 aromatic heterocycles. The van der Waals surface area contributed by atoms with Gasteiger partial charge in [0.25, 0.3) is 0 Å². The van der Waals surface area contributed by atoms with E-state index in [2.05, 4.69) is 10.3 Å². The summed E-state index contributed by atoms with van der Waals surface area (Å²) in [5.41, 5.74) is 7.49. The van der Waals surface area contributed by atoms with E-state index in [0.717, 1.165) is 10.6 Å². The molecule has 2 rings (SSSR count). The van der Waals surface area contributed by atoms with Crippen LogP contribution in [-0.4, -0.2) is 16.9 Å². The fraction of sp³-hybridized carbons (Fsp3) is 0.333. The number of carbonyl (C=O) groups is 1. The van der Waals surface area contributed by atoms with Crippen molar-refractivity contribution in [2.75, 3.05) is 11.1 Å². The Morgan fingerprint density at radius 1 is 1.52 bits per heavy atom. The second-order valence-corrected chi connectivity index (χ2v) is 5.96. The van der Waals surface area contributed by atoms with Crippen LogP contribution in [0.25, 0.3) is 0 Å². The molecule has 6 heteroatoms. The van der Waals surface area contributed by atoms with E-state index in [-0.39, 0.29) is 11.9 Å². The molecule has 112 valence electrons. The Bertz CT molecular complexity index is 623. The van der Waals surface area contributed by atoms with Gasteiger partial charge in [-0.3, -0.25) is 9.78 Å². The molecule has 0 bridgehead atoms. The van der Waals surface area contributed by atoms with Crippen LogP contribution < -0.4 is 15.8 Å². The van der Waals surface area contributed by atoms with Crippen LogP contribution in [0.15, 0.2) is 24.5 Å². The zero-order valence-electron chi connectivity index (χ0n) is 12.3. The fourth-order valence-corrected chi connectivity index (χ4v) is 2.79. The van der Waals surface area contributed by atoms with Gasteiger partial charge in [0.2, 0.25) is 0 Å². The SMILES string of the molecule is CC(=O)c1sc(NCc2cccnc2)c(OC(C)C)c1N. The van der Waals surface area contributed by atoms with Crippen LogP contribution in [0.3, 0.4) is 0 Å². The second kappa shape index (κ2) is 6.58. The Balaban J connectivity index is 2.24. The predicted octanol–water partition coefficient (Wildman–Crippen LogP) is 3.33. The minimum absolute atomic E-state index is 0.0133. The van der Waals surface area contributed by atoms with Crippen molar-refractivity contribution in [3.8, 4) is 5.75 Å². The largest absolute Gasteiger partial charge is 0.486 e. The minimum atomic E-state index is -0.0551. The number of nitrogens with one attached hydrogen (secondary N) is 1. The summed E-state index contributed by atoms with van der Waals surface area (Å²) in [6, 6.07) is 3.86. The molecule has 0 atom stereocenters. The standard InChI is InChI=1S/C15H19N3O2S/c1-9(2)20-13-12(16)14(10(3)19)21-15(13)18-8-11-5-4-6-17-7-11/h4-7,9,18H,8,16H2,1-3H3. The summed E-state index contributed by atoms with van der Waals surface area (Å²) < 4.78 is 5.75. The van der Waals surface area contributed by atoms with Gasteiger partial charge in [-0.05, 0) is 25.5 Å². The number of nitrogen functional groups attached to an aromatic ring is 1. The smallest absolute Gasteiger partial charge is 0.177 e. The van der Waals surface area contributed by atoms with Crippen molar-refractivity contribution in [2.45, 2.75) is 33.4 Å². The van der Waals surface area contributed by atoms with E-state index in [1.54, 1.807) is 12.4 Å². The highest BCUT2D eigenvalue weighted by Gasteiger charge is 2.20. The monoisotopic (exact) mass is 305 g/mol. The predicted molar refractivity (Wildman–Crippen MR) is 86.1 cm³/mol. The summed E-state index contributed by atoms with van der Waals surface area (Å²) in [5, 5.41) is 4.05. The van der Waals surface area contributed by atoms with Crippen molar-refractivity contribution in [1.82, 2.24) is 4.98 Å². The average Bonchev–Trinajstić information content (AvgIpc) is 2.75. The normalized spacial score (nSPS) is 10.7. The Morgan fingerprint density at radius 2 is 2.29 bits per heavy atom. The summed E-state index contributed by atoms with van der Waals surface area (Å²) in [6.07, 6.45) is 3.51. The number of aromatic nitrogens is 1. The van der Waals surface area contributed by atoms with E-state index in [9.17, 15) is 4.79 Å². The molecule has 0 saturated heterocycles. The van der Waals surface area contributed by atoms with Gasteiger partial charge < -0.3 is 15.8 Å². The molecule has 2 aromatic rings. The Labute approximate surface area is 128 Å². The van der Waals surface area contributed by atoms with E-state index >= 15 is 0 Å². The third kappa shape index (κ3) is 3.72. The summed E-state index contributed by atoms with van der Waals surface area (Å²) in [7, 11) is 0. The maximum Gasteiger partial charge on any atom is 0.177 e. The Hall–Kier alpha value is -2.08. The quantitative estimate of drug-likeness (QED) is 0.800. The van der Waals surface area contributed by atoms with E-state index < -0.39 is 0 Å². The van der Waals surface area contributed by atoms with Crippen LogP contribution in [0, 0.1) is 0 Å². The van der Waals surface area contributed by atoms with Gasteiger partial charge in [0.05, 0.1) is 16.7 Å². The number of nitrogens with two attached hydrogens (primary N) is 1. The number of anilines is 2. The zero-order chi connectivity index (χ0) is 15.4. The number of nitrogens with zero attached hydrogens (tertiary/aromatic N) is 1. The topological polar surface area (TPSA) is 77.2 Å². The highest BCUT2D eigenvalue weighted by molar-refractivity contribution is 7.19. The number of pyridine rings is 1. The van der Waals surface area contributed by atoms with E-state index in [1.807, 2.05) is 26.0 Å². The highest BCUT2D eigenvalue weighted by atomic mass is 32.1. The molecule has 3 N–H and O–H groups in total. The molecular formula is C15H19N3O2S. The second-order valence-electron chi connectivity index (χ2n) is 4.94. The van der Waals surface area contributed by atoms with Gasteiger partial charge in [-0.1, -0.05) is 6.07 Å². The number of Topliss-reactive ketones (excluding diaryl/α,β-unsaturated/α-hetero) is 1. The first kappa shape index (κ1) is 15.3. The summed E-state index contributed by atoms with van der Waals surface area (Å²) in [4.78, 5) is 16.2. The molecule has 0 aliphatic rings. The van der Waals surface area contributed by atoms with Crippen LogP contribution in [0.1, 0.15) is 36.0 Å². The molecule has 0 aliphatic carbocycles. The molecule has 5 nitrogen and oxygen atoms in total. The number of carbonyl (C=O) groups excluding carboxylic acids is 1. The average molecular weight is 305 g/mol. The summed E-state index contributed by atoms with van der Waals surface area (Å²) in [5.74, 6) is 0.504. The van der Waals surface area contributed by atoms with Crippen LogP contribution >= 0.6 is 11.3 Å². The van der Waals surface area contributed by atoms with Crippen LogP contribution in [-0.2, 0) is 6.54 Å². The van der Waals surface area contributed by atoms with Crippen molar-refractivity contribution >= 4 is 27.8 Å². The molecule has 21 heavy (non-hydrogen) atoms. The maximum atomic E-state index is 11.6. The van der Waals surface area contributed by atoms with Crippen LogP contribution in [0.4, 0.5) is 10.7 Å². The molecule has 0 amide bonds. The lowest BCUT2D eigenvalue weighted by Crippen LogP contribution is -2.09. The number of hydrogen-bond donors (Lipinski definition) is 2. The number of rotatable bonds is 6. The lowest BCUT2D eigenvalue weighted by atomic mass is 10.3. The van der Waals surface area contributed by atoms with Gasteiger partial charge in [0.1, 0.15) is 5.00 Å². The van der Waals surface area contributed by atoms with Gasteiger partial charge in [-0.25, -0.2) is 0 Å². The van der Waals surface area contributed by atoms with Gasteiger partial charge in [0, 0.05) is 25.9 Å². The first-order valence-corrected chi connectivity index (χ1v) is 7.53. The minimum Gasteiger partial charge on any atom is -0.486 e. The summed E-state index contributed by atoms with van der Waals surface area (Å²) in [6.45, 7) is 5.96. The first-order valence-electron chi connectivity index (χ1n) is 6.71. The Morgan fingerprint density at radius 3 is 2.86 bits per heavy atom. The molecule has 2 heterocycles. The van der Waals surface area contributed by atoms with Gasteiger partial charge in [-0.15, -0.1) is 11.3 Å². The lowest BCUT2D eigenvalue weighted by Gasteiger charge is -2.12. The molecule has 0 fully saturated rings. The van der Waals surface area contributed by atoms with Gasteiger partial charge in [-0.2, -0.15) is 0 Å². The zero-order valence-corrected chi connectivity index (χ0v) is 13.2. The maximum absolute atomic E-state index is 11.6. The van der Waals surface area contributed by atoms with Gasteiger partial charge in [0.15, 0.2) is 11.5 Å². The van der Waals surface area contributed by atoms with Crippen molar-refractivity contribution in [2.24, 2.45) is 0 Å². The highest BCUT2D eigenvalue weighted by Crippen LogP contribution is 2.43. The van der Waals surface area contributed by atoms with E-state index in [4.69, 9.17) is 10.5 Å². The molecule has 0 aromatic carbocycles. The van der Waals surface area contributed by atoms with E-state index in [1.165, 1.54) is 18.3 Å². The molecule has 0 spiro atoms. The molecule has 0 radical (unpaired) electrons. The number of ketones is 1. The van der Waals surface area contributed by atoms with E-state index in [0.29, 0.717) is 22.9 Å². The molecular weight excluding hydrogens is 286 g/mol. The van der Waals surface area contributed by atoms with Crippen molar-refractivity contribution in [1.29, 1.82) is 0 Å². The van der Waals surface area contributed by atoms with Crippen molar-refractivity contribution in [3.63, 3.8) is 0 Å². The van der Waals surface area contributed by atoms with Crippen molar-refractivity contribution < 1.29 is 9.53 Å².